The third-order valence-electron chi connectivity index (χ3n) is 3.88. The van der Waals surface area contributed by atoms with Crippen molar-refractivity contribution in [3.05, 3.63) is 29.4 Å². The fraction of sp³-hybridized carbons (Fsp3) is 0.467. The van der Waals surface area contributed by atoms with Crippen molar-refractivity contribution in [2.24, 2.45) is 0 Å². The lowest BCUT2D eigenvalue weighted by Crippen LogP contribution is -2.35. The van der Waals surface area contributed by atoms with E-state index in [4.69, 9.17) is 11.6 Å². The van der Waals surface area contributed by atoms with Gasteiger partial charge in [0, 0.05) is 18.5 Å². The highest BCUT2D eigenvalue weighted by atomic mass is 35.5. The number of amides is 1. The molecule has 2 heterocycles. The van der Waals surface area contributed by atoms with E-state index in [2.05, 4.69) is 15.3 Å². The molecule has 0 saturated carbocycles. The van der Waals surface area contributed by atoms with Crippen LogP contribution in [0.5, 0.6) is 0 Å². The van der Waals surface area contributed by atoms with Crippen LogP contribution in [0.25, 0.3) is 10.9 Å². The van der Waals surface area contributed by atoms with Crippen LogP contribution in [-0.2, 0) is 11.3 Å². The summed E-state index contributed by atoms with van der Waals surface area (Å²) in [6.45, 7) is 4.15. The molecule has 0 atom stereocenters. The average molecular weight is 307 g/mol. The number of halogens is 1. The molecule has 1 aliphatic heterocycles. The van der Waals surface area contributed by atoms with Crippen LogP contribution in [-0.4, -0.2) is 46.8 Å². The Kier molecular flexibility index (Phi) is 4.41. The van der Waals surface area contributed by atoms with Crippen molar-refractivity contribution in [1.82, 2.24) is 20.0 Å². The maximum atomic E-state index is 12.0. The van der Waals surface area contributed by atoms with Gasteiger partial charge in [-0.1, -0.05) is 17.7 Å². The van der Waals surface area contributed by atoms with E-state index in [1.165, 1.54) is 12.8 Å². The van der Waals surface area contributed by atoms with Crippen LogP contribution in [0.1, 0.15) is 12.8 Å². The van der Waals surface area contributed by atoms with Crippen molar-refractivity contribution in [2.45, 2.75) is 19.4 Å². The summed E-state index contributed by atoms with van der Waals surface area (Å²) < 4.78 is 1.69. The van der Waals surface area contributed by atoms with Gasteiger partial charge in [0.25, 0.3) is 0 Å². The molecule has 1 aliphatic rings. The maximum Gasteiger partial charge on any atom is 0.241 e. The van der Waals surface area contributed by atoms with Gasteiger partial charge in [-0.2, -0.15) is 5.10 Å². The summed E-state index contributed by atoms with van der Waals surface area (Å²) in [6, 6.07) is 5.62. The zero-order chi connectivity index (χ0) is 14.7. The van der Waals surface area contributed by atoms with E-state index in [1.807, 2.05) is 18.2 Å². The van der Waals surface area contributed by atoms with Gasteiger partial charge >= 0.3 is 0 Å². The topological polar surface area (TPSA) is 50.2 Å². The minimum Gasteiger partial charge on any atom is -0.353 e. The molecule has 1 aromatic carbocycles. The summed E-state index contributed by atoms with van der Waals surface area (Å²) >= 11 is 6.10. The Balaban J connectivity index is 1.55. The first-order valence-electron chi connectivity index (χ1n) is 7.33. The molecule has 21 heavy (non-hydrogen) atoms. The fourth-order valence-corrected chi connectivity index (χ4v) is 2.96. The van der Waals surface area contributed by atoms with Gasteiger partial charge in [0.1, 0.15) is 6.54 Å². The number of nitrogens with one attached hydrogen (secondary N) is 1. The van der Waals surface area contributed by atoms with Crippen LogP contribution < -0.4 is 5.32 Å². The largest absolute Gasteiger partial charge is 0.353 e. The van der Waals surface area contributed by atoms with E-state index in [9.17, 15) is 4.79 Å². The van der Waals surface area contributed by atoms with E-state index >= 15 is 0 Å². The minimum atomic E-state index is -0.0147. The lowest BCUT2D eigenvalue weighted by Gasteiger charge is -2.14. The van der Waals surface area contributed by atoms with Crippen LogP contribution in [0.2, 0.25) is 5.02 Å². The first-order valence-corrected chi connectivity index (χ1v) is 7.71. The fourth-order valence-electron chi connectivity index (χ4n) is 2.75. The zero-order valence-corrected chi connectivity index (χ0v) is 12.6. The van der Waals surface area contributed by atoms with E-state index in [-0.39, 0.29) is 12.5 Å². The van der Waals surface area contributed by atoms with E-state index < -0.39 is 0 Å². The summed E-state index contributed by atoms with van der Waals surface area (Å²) in [6.07, 6.45) is 4.25. The van der Waals surface area contributed by atoms with E-state index in [1.54, 1.807) is 10.9 Å². The van der Waals surface area contributed by atoms with Gasteiger partial charge in [-0.25, -0.2) is 0 Å². The summed E-state index contributed by atoms with van der Waals surface area (Å²) in [7, 11) is 0. The molecule has 1 aromatic heterocycles. The smallest absolute Gasteiger partial charge is 0.241 e. The molecule has 112 valence electrons. The number of carbonyl (C=O) groups is 1. The Morgan fingerprint density at radius 2 is 2.14 bits per heavy atom. The summed E-state index contributed by atoms with van der Waals surface area (Å²) in [5.74, 6) is -0.0147. The molecular weight excluding hydrogens is 288 g/mol. The second-order valence-corrected chi connectivity index (χ2v) is 5.78. The first-order chi connectivity index (χ1) is 10.2. The number of fused-ring (bicyclic) bond motifs is 1. The molecule has 0 unspecified atom stereocenters. The Hall–Kier alpha value is -1.59. The van der Waals surface area contributed by atoms with Crippen molar-refractivity contribution in [3.8, 4) is 0 Å². The van der Waals surface area contributed by atoms with Gasteiger partial charge in [0.15, 0.2) is 0 Å². The number of hydrogen-bond donors (Lipinski definition) is 1. The molecule has 0 radical (unpaired) electrons. The predicted molar refractivity (Wildman–Crippen MR) is 83.4 cm³/mol. The quantitative estimate of drug-likeness (QED) is 0.918. The van der Waals surface area contributed by atoms with E-state index in [0.29, 0.717) is 11.6 Å². The van der Waals surface area contributed by atoms with E-state index in [0.717, 1.165) is 30.5 Å². The van der Waals surface area contributed by atoms with Crippen LogP contribution in [0.15, 0.2) is 24.4 Å². The highest BCUT2D eigenvalue weighted by Crippen LogP contribution is 2.22. The third-order valence-corrected chi connectivity index (χ3v) is 4.21. The molecule has 2 aromatic rings. The van der Waals surface area contributed by atoms with Crippen LogP contribution in [0, 0.1) is 0 Å². The SMILES string of the molecule is O=C(Cn1ncc2c(Cl)cccc21)NCCN1CCCC1. The monoisotopic (exact) mass is 306 g/mol. The van der Waals surface area contributed by atoms with Crippen molar-refractivity contribution in [2.75, 3.05) is 26.2 Å². The van der Waals surface area contributed by atoms with Gasteiger partial charge in [-0.3, -0.25) is 9.48 Å². The summed E-state index contributed by atoms with van der Waals surface area (Å²) in [5.41, 5.74) is 0.886. The molecule has 0 bridgehead atoms. The Morgan fingerprint density at radius 3 is 2.95 bits per heavy atom. The van der Waals surface area contributed by atoms with Crippen LogP contribution >= 0.6 is 11.6 Å². The van der Waals surface area contributed by atoms with Crippen molar-refractivity contribution >= 4 is 28.4 Å². The standard InChI is InChI=1S/C15H19ClN4O/c16-13-4-3-5-14-12(13)10-18-20(14)11-15(21)17-6-9-19-7-1-2-8-19/h3-5,10H,1-2,6-9,11H2,(H,17,21). The van der Waals surface area contributed by atoms with Crippen molar-refractivity contribution in [1.29, 1.82) is 0 Å². The molecule has 0 aliphatic carbocycles. The molecule has 1 saturated heterocycles. The molecule has 5 nitrogen and oxygen atoms in total. The van der Waals surface area contributed by atoms with Gasteiger partial charge < -0.3 is 10.2 Å². The number of nitrogens with zero attached hydrogens (tertiary/aromatic N) is 3. The maximum absolute atomic E-state index is 12.0. The molecular formula is C15H19ClN4O. The molecule has 3 rings (SSSR count). The highest BCUT2D eigenvalue weighted by molar-refractivity contribution is 6.35. The average Bonchev–Trinajstić information content (AvgIpc) is 3.10. The number of carbonyl (C=O) groups excluding carboxylic acids is 1. The van der Waals surface area contributed by atoms with Crippen molar-refractivity contribution < 1.29 is 4.79 Å². The van der Waals surface area contributed by atoms with Crippen molar-refractivity contribution in [3.63, 3.8) is 0 Å². The normalized spacial score (nSPS) is 15.7. The first kappa shape index (κ1) is 14.4. The van der Waals surface area contributed by atoms with Crippen LogP contribution in [0.3, 0.4) is 0 Å². The second-order valence-electron chi connectivity index (χ2n) is 5.37. The van der Waals surface area contributed by atoms with Gasteiger partial charge in [-0.05, 0) is 38.1 Å². The zero-order valence-electron chi connectivity index (χ0n) is 11.9. The predicted octanol–water partition coefficient (Wildman–Crippen LogP) is 1.90. The number of likely N-dealkylation sites (tertiary alicyclic amines) is 1. The number of rotatable bonds is 5. The Labute approximate surface area is 128 Å². The minimum absolute atomic E-state index is 0.0147. The number of hydrogen-bond acceptors (Lipinski definition) is 3. The summed E-state index contributed by atoms with van der Waals surface area (Å²) in [5, 5.41) is 8.73. The molecule has 0 spiro atoms. The second kappa shape index (κ2) is 6.45. The molecule has 1 N–H and O–H groups in total. The molecule has 1 fully saturated rings. The summed E-state index contributed by atoms with van der Waals surface area (Å²) in [4.78, 5) is 14.4. The van der Waals surface area contributed by atoms with Gasteiger partial charge in [0.05, 0.1) is 16.7 Å². The lowest BCUT2D eigenvalue weighted by molar-refractivity contribution is -0.121. The lowest BCUT2D eigenvalue weighted by atomic mass is 10.2. The van der Waals surface area contributed by atoms with Gasteiger partial charge in [0.2, 0.25) is 5.91 Å². The third kappa shape index (κ3) is 3.36. The Bertz CT molecular complexity index is 634. The molecule has 6 heteroatoms. The number of benzene rings is 1. The number of aromatic nitrogens is 2. The molecule has 1 amide bonds. The highest BCUT2D eigenvalue weighted by Gasteiger charge is 2.12. The van der Waals surface area contributed by atoms with Crippen LogP contribution in [0.4, 0.5) is 0 Å². The Morgan fingerprint density at radius 1 is 1.33 bits per heavy atom. The van der Waals surface area contributed by atoms with Gasteiger partial charge in [-0.15, -0.1) is 0 Å².